The number of cyclic esters (lactones) is 1. The Morgan fingerprint density at radius 1 is 1.11 bits per heavy atom. The van der Waals surface area contributed by atoms with Gasteiger partial charge in [-0.2, -0.15) is 18.2 Å². The Bertz CT molecular complexity index is 1250. The van der Waals surface area contributed by atoms with E-state index in [2.05, 4.69) is 25.3 Å². The molecule has 0 spiro atoms. The fourth-order valence-electron chi connectivity index (χ4n) is 4.31. The van der Waals surface area contributed by atoms with Gasteiger partial charge in [0.15, 0.2) is 0 Å². The minimum Gasteiger partial charge on any atom is -0.447 e. The van der Waals surface area contributed by atoms with E-state index in [1.54, 1.807) is 29.3 Å². The van der Waals surface area contributed by atoms with Crippen LogP contribution in [0.4, 0.5) is 29.7 Å². The first-order chi connectivity index (χ1) is 16.6. The molecule has 1 aliphatic carbocycles. The molecule has 3 aromatic rings. The van der Waals surface area contributed by atoms with E-state index in [0.717, 1.165) is 25.1 Å². The van der Waals surface area contributed by atoms with Crippen LogP contribution in [0.1, 0.15) is 44.1 Å². The predicted molar refractivity (Wildman–Crippen MR) is 121 cm³/mol. The first kappa shape index (κ1) is 23.0. The van der Waals surface area contributed by atoms with E-state index < -0.39 is 23.5 Å². The Balaban J connectivity index is 1.32. The summed E-state index contributed by atoms with van der Waals surface area (Å²) < 4.78 is 44.2. The van der Waals surface area contributed by atoms with Gasteiger partial charge in [-0.05, 0) is 62.4 Å². The molecule has 2 atom stereocenters. The van der Waals surface area contributed by atoms with Crippen LogP contribution in [-0.2, 0) is 10.9 Å². The maximum absolute atomic E-state index is 13.0. The quantitative estimate of drug-likeness (QED) is 0.511. The van der Waals surface area contributed by atoms with Gasteiger partial charge in [0.25, 0.3) is 0 Å². The monoisotopic (exact) mass is 484 g/mol. The number of nitrogens with one attached hydrogen (secondary N) is 1. The molecule has 0 aromatic carbocycles. The van der Waals surface area contributed by atoms with Crippen LogP contribution in [0, 0.1) is 5.92 Å². The average Bonchev–Trinajstić information content (AvgIpc) is 3.65. The van der Waals surface area contributed by atoms with Crippen molar-refractivity contribution in [2.75, 3.05) is 16.8 Å². The van der Waals surface area contributed by atoms with Gasteiger partial charge in [0.1, 0.15) is 18.1 Å². The summed E-state index contributed by atoms with van der Waals surface area (Å²) in [5.74, 6) is 1.17. The number of amides is 1. The molecule has 2 aliphatic rings. The molecular formula is C24H23F3N6O2. The summed E-state index contributed by atoms with van der Waals surface area (Å²) in [5, 5.41) is 3.18. The summed E-state index contributed by atoms with van der Waals surface area (Å²) in [6.07, 6.45) is 1.39. The van der Waals surface area contributed by atoms with Gasteiger partial charge in [-0.25, -0.2) is 9.78 Å². The summed E-state index contributed by atoms with van der Waals surface area (Å²) in [5.41, 5.74) is 0.185. The molecule has 1 saturated carbocycles. The number of hydrogen-bond donors (Lipinski definition) is 1. The number of rotatable bonds is 6. The van der Waals surface area contributed by atoms with Gasteiger partial charge < -0.3 is 10.1 Å². The number of nitrogens with zero attached hydrogens (tertiary/aromatic N) is 5. The van der Waals surface area contributed by atoms with E-state index in [4.69, 9.17) is 4.74 Å². The van der Waals surface area contributed by atoms with Crippen molar-refractivity contribution in [1.82, 2.24) is 19.9 Å². The van der Waals surface area contributed by atoms with Gasteiger partial charge in [0.05, 0.1) is 17.3 Å². The van der Waals surface area contributed by atoms with Crippen molar-refractivity contribution in [3.63, 3.8) is 0 Å². The lowest BCUT2D eigenvalue weighted by Gasteiger charge is -2.31. The highest BCUT2D eigenvalue weighted by Crippen LogP contribution is 2.47. The van der Waals surface area contributed by atoms with Gasteiger partial charge in [-0.3, -0.25) is 14.9 Å². The van der Waals surface area contributed by atoms with Gasteiger partial charge in [0, 0.05) is 24.2 Å². The minimum absolute atomic E-state index is 0.303. The number of hydrogen-bond acceptors (Lipinski definition) is 7. The van der Waals surface area contributed by atoms with Crippen LogP contribution < -0.4 is 10.2 Å². The zero-order valence-corrected chi connectivity index (χ0v) is 19.1. The second-order valence-electron chi connectivity index (χ2n) is 9.03. The molecule has 0 unspecified atom stereocenters. The number of halogens is 3. The van der Waals surface area contributed by atoms with Gasteiger partial charge in [-0.1, -0.05) is 6.07 Å². The number of carbonyl (C=O) groups excluding carboxylic acids is 1. The number of pyridine rings is 2. The Morgan fingerprint density at radius 3 is 2.57 bits per heavy atom. The van der Waals surface area contributed by atoms with E-state index in [1.165, 1.54) is 12.3 Å². The molecule has 1 aliphatic heterocycles. The summed E-state index contributed by atoms with van der Waals surface area (Å²) in [6, 6.07) is 7.31. The molecule has 8 nitrogen and oxygen atoms in total. The second-order valence-corrected chi connectivity index (χ2v) is 9.03. The molecule has 1 N–H and O–H groups in total. The molecule has 5 rings (SSSR count). The maximum atomic E-state index is 13.0. The van der Waals surface area contributed by atoms with Crippen molar-refractivity contribution in [3.8, 4) is 11.1 Å². The summed E-state index contributed by atoms with van der Waals surface area (Å²) >= 11 is 0. The molecule has 4 heterocycles. The van der Waals surface area contributed by atoms with E-state index in [-0.39, 0.29) is 6.04 Å². The number of anilines is 2. The summed E-state index contributed by atoms with van der Waals surface area (Å²) in [6.45, 7) is 4.21. The first-order valence-corrected chi connectivity index (χ1v) is 11.2. The molecule has 0 bridgehead atoms. The van der Waals surface area contributed by atoms with Crippen molar-refractivity contribution >= 4 is 17.9 Å². The molecular weight excluding hydrogens is 461 g/mol. The van der Waals surface area contributed by atoms with E-state index >= 15 is 0 Å². The van der Waals surface area contributed by atoms with E-state index in [0.29, 0.717) is 41.1 Å². The smallest absolute Gasteiger partial charge is 0.433 e. The van der Waals surface area contributed by atoms with Crippen LogP contribution in [0.5, 0.6) is 0 Å². The molecule has 1 amide bonds. The van der Waals surface area contributed by atoms with Crippen molar-refractivity contribution in [2.24, 2.45) is 5.92 Å². The predicted octanol–water partition coefficient (Wildman–Crippen LogP) is 5.25. The van der Waals surface area contributed by atoms with Crippen LogP contribution in [0.3, 0.4) is 0 Å². The number of alkyl halides is 3. The van der Waals surface area contributed by atoms with Crippen LogP contribution in [-0.4, -0.2) is 38.2 Å². The molecule has 0 radical (unpaired) electrons. The highest BCUT2D eigenvalue weighted by Gasteiger charge is 2.54. The molecule has 3 aromatic heterocycles. The lowest BCUT2D eigenvalue weighted by atomic mass is 9.96. The minimum atomic E-state index is -4.52. The zero-order valence-electron chi connectivity index (χ0n) is 19.1. The van der Waals surface area contributed by atoms with Crippen LogP contribution >= 0.6 is 0 Å². The molecule has 1 saturated heterocycles. The van der Waals surface area contributed by atoms with Crippen molar-refractivity contribution in [1.29, 1.82) is 0 Å². The number of aromatic nitrogens is 4. The number of carbonyl (C=O) groups is 1. The van der Waals surface area contributed by atoms with Gasteiger partial charge in [-0.15, -0.1) is 0 Å². The van der Waals surface area contributed by atoms with E-state index in [1.807, 2.05) is 13.8 Å². The normalized spacial score (nSPS) is 21.1. The lowest BCUT2D eigenvalue weighted by Crippen LogP contribution is -2.47. The SMILES string of the molecule is C[C@H](Nc1nccc(N2C(=O)OC[C@]2(C)C2CC2)n1)c1ccc(-c2ccnc(C(F)(F)F)c2)cn1. The Labute approximate surface area is 199 Å². The Hall–Kier alpha value is -3.76. The van der Waals surface area contributed by atoms with Crippen LogP contribution in [0.2, 0.25) is 0 Å². The standard InChI is InChI=1S/C24H23F3N6O2/c1-14(18-6-3-16(12-30-18)15-7-9-28-19(11-15)24(25,26)27)31-21-29-10-8-20(32-21)33-22(34)35-13-23(33,2)17-4-5-17/h3,6-12,14,17H,4-5,13H2,1-2H3,(H,29,31,32)/t14-,23+/m0/s1. The number of ether oxygens (including phenoxy) is 1. The Kier molecular flexibility index (Phi) is 5.57. The van der Waals surface area contributed by atoms with Crippen LogP contribution in [0.15, 0.2) is 48.9 Å². The fourth-order valence-corrected chi connectivity index (χ4v) is 4.31. The topological polar surface area (TPSA) is 93.1 Å². The summed E-state index contributed by atoms with van der Waals surface area (Å²) in [4.78, 5) is 30.7. The largest absolute Gasteiger partial charge is 0.447 e. The third kappa shape index (κ3) is 4.50. The molecule has 182 valence electrons. The van der Waals surface area contributed by atoms with Crippen molar-refractivity contribution in [2.45, 2.75) is 44.4 Å². The van der Waals surface area contributed by atoms with Gasteiger partial charge >= 0.3 is 12.3 Å². The Morgan fingerprint density at radius 2 is 1.89 bits per heavy atom. The lowest BCUT2D eigenvalue weighted by molar-refractivity contribution is -0.141. The highest BCUT2D eigenvalue weighted by atomic mass is 19.4. The molecule has 11 heteroatoms. The highest BCUT2D eigenvalue weighted by molar-refractivity contribution is 5.90. The third-order valence-electron chi connectivity index (χ3n) is 6.47. The summed E-state index contributed by atoms with van der Waals surface area (Å²) in [7, 11) is 0. The third-order valence-corrected chi connectivity index (χ3v) is 6.47. The second kappa shape index (κ2) is 8.47. The molecule has 2 fully saturated rings. The molecule has 35 heavy (non-hydrogen) atoms. The average molecular weight is 484 g/mol. The van der Waals surface area contributed by atoms with Crippen molar-refractivity contribution in [3.05, 3.63) is 60.3 Å². The van der Waals surface area contributed by atoms with Crippen molar-refractivity contribution < 1.29 is 22.7 Å². The van der Waals surface area contributed by atoms with Gasteiger partial charge in [0.2, 0.25) is 5.95 Å². The zero-order chi connectivity index (χ0) is 24.8. The van der Waals surface area contributed by atoms with Crippen LogP contribution in [0.25, 0.3) is 11.1 Å². The van der Waals surface area contributed by atoms with E-state index in [9.17, 15) is 18.0 Å². The fraction of sp³-hybridized carbons (Fsp3) is 0.375. The first-order valence-electron chi connectivity index (χ1n) is 11.2. The maximum Gasteiger partial charge on any atom is 0.433 e.